The molecule has 1 aromatic carbocycles. The van der Waals surface area contributed by atoms with Gasteiger partial charge in [0.1, 0.15) is 6.33 Å². The average Bonchev–Trinajstić information content (AvgIpc) is 2.79. The van der Waals surface area contributed by atoms with Crippen LogP contribution in [0.1, 0.15) is 24.3 Å². The van der Waals surface area contributed by atoms with Gasteiger partial charge < -0.3 is 10.4 Å². The van der Waals surface area contributed by atoms with Crippen molar-refractivity contribution in [1.82, 2.24) is 14.8 Å². The van der Waals surface area contributed by atoms with Gasteiger partial charge in [-0.1, -0.05) is 30.3 Å². The molecule has 1 aliphatic rings. The van der Waals surface area contributed by atoms with Crippen LogP contribution < -0.4 is 5.32 Å². The van der Waals surface area contributed by atoms with Gasteiger partial charge in [-0.3, -0.25) is 0 Å². The summed E-state index contributed by atoms with van der Waals surface area (Å²) in [7, 11) is 0. The maximum absolute atomic E-state index is 9.90. The largest absolute Gasteiger partial charge is 0.371 e. The number of aromatic nitrogens is 3. The summed E-state index contributed by atoms with van der Waals surface area (Å²) in [4.78, 5) is 4.06. The van der Waals surface area contributed by atoms with E-state index in [1.807, 2.05) is 30.3 Å². The molecule has 2 atom stereocenters. The summed E-state index contributed by atoms with van der Waals surface area (Å²) in [5.74, 6) is 0.618. The molecule has 2 aromatic rings. The number of fused-ring (bicyclic) bond motifs is 1. The second-order valence-electron chi connectivity index (χ2n) is 3.85. The molecule has 1 aromatic heterocycles. The van der Waals surface area contributed by atoms with E-state index in [1.165, 1.54) is 11.0 Å². The maximum atomic E-state index is 9.90. The zero-order valence-electron chi connectivity index (χ0n) is 8.61. The van der Waals surface area contributed by atoms with E-state index < -0.39 is 6.23 Å². The van der Waals surface area contributed by atoms with E-state index in [1.54, 1.807) is 0 Å². The van der Waals surface area contributed by atoms with Crippen LogP contribution in [-0.2, 0) is 0 Å². The Morgan fingerprint density at radius 2 is 2.12 bits per heavy atom. The highest BCUT2D eigenvalue weighted by atomic mass is 16.3. The maximum Gasteiger partial charge on any atom is 0.224 e. The number of hydrogen-bond acceptors (Lipinski definition) is 4. The Morgan fingerprint density at radius 3 is 2.94 bits per heavy atom. The number of hydrogen-bond donors (Lipinski definition) is 2. The van der Waals surface area contributed by atoms with Crippen LogP contribution in [0, 0.1) is 0 Å². The highest BCUT2D eigenvalue weighted by molar-refractivity contribution is 5.34. The van der Waals surface area contributed by atoms with Gasteiger partial charge in [0.2, 0.25) is 5.95 Å². The Balaban J connectivity index is 1.92. The lowest BCUT2D eigenvalue weighted by Crippen LogP contribution is -2.27. The molecular weight excluding hydrogens is 204 g/mol. The molecule has 3 rings (SSSR count). The van der Waals surface area contributed by atoms with E-state index in [0.717, 1.165) is 5.56 Å². The third-order valence-corrected chi connectivity index (χ3v) is 2.81. The Hall–Kier alpha value is -1.88. The molecule has 0 fully saturated rings. The molecule has 0 amide bonds. The fourth-order valence-electron chi connectivity index (χ4n) is 2.00. The molecule has 0 aliphatic carbocycles. The number of anilines is 1. The summed E-state index contributed by atoms with van der Waals surface area (Å²) in [5, 5.41) is 17.1. The van der Waals surface area contributed by atoms with E-state index in [4.69, 9.17) is 0 Å². The highest BCUT2D eigenvalue weighted by Gasteiger charge is 2.26. The molecule has 5 heteroatoms. The molecule has 0 radical (unpaired) electrons. The van der Waals surface area contributed by atoms with Gasteiger partial charge in [0.25, 0.3) is 0 Å². The Labute approximate surface area is 92.7 Å². The van der Waals surface area contributed by atoms with Crippen molar-refractivity contribution in [1.29, 1.82) is 0 Å². The Morgan fingerprint density at radius 1 is 1.31 bits per heavy atom. The molecule has 2 heterocycles. The van der Waals surface area contributed by atoms with Crippen LogP contribution in [0.2, 0.25) is 0 Å². The normalized spacial score (nSPS) is 23.6. The van der Waals surface area contributed by atoms with E-state index in [-0.39, 0.29) is 6.04 Å². The van der Waals surface area contributed by atoms with Crippen LogP contribution in [0.4, 0.5) is 5.95 Å². The summed E-state index contributed by atoms with van der Waals surface area (Å²) in [5.41, 5.74) is 1.15. The molecule has 1 aliphatic heterocycles. The van der Waals surface area contributed by atoms with Crippen molar-refractivity contribution in [2.45, 2.75) is 18.7 Å². The van der Waals surface area contributed by atoms with Gasteiger partial charge in [-0.2, -0.15) is 10.1 Å². The summed E-state index contributed by atoms with van der Waals surface area (Å²) in [6.45, 7) is 0. The monoisotopic (exact) mass is 216 g/mol. The second kappa shape index (κ2) is 3.61. The lowest BCUT2D eigenvalue weighted by molar-refractivity contribution is 0.0698. The highest BCUT2D eigenvalue weighted by Crippen LogP contribution is 2.31. The first-order valence-corrected chi connectivity index (χ1v) is 5.23. The minimum atomic E-state index is -0.607. The lowest BCUT2D eigenvalue weighted by Gasteiger charge is -2.28. The van der Waals surface area contributed by atoms with E-state index in [0.29, 0.717) is 12.4 Å². The fraction of sp³-hybridized carbons (Fsp3) is 0.273. The molecular formula is C11H12N4O. The van der Waals surface area contributed by atoms with Crippen molar-refractivity contribution in [3.05, 3.63) is 42.2 Å². The Kier molecular flexibility index (Phi) is 2.11. The van der Waals surface area contributed by atoms with Crippen molar-refractivity contribution < 1.29 is 5.11 Å². The average molecular weight is 216 g/mol. The first kappa shape index (κ1) is 9.35. The van der Waals surface area contributed by atoms with Crippen LogP contribution in [0.15, 0.2) is 36.7 Å². The first-order valence-electron chi connectivity index (χ1n) is 5.23. The smallest absolute Gasteiger partial charge is 0.224 e. The quantitative estimate of drug-likeness (QED) is 0.754. The molecule has 0 spiro atoms. The number of nitrogens with one attached hydrogen (secondary N) is 1. The van der Waals surface area contributed by atoms with Crippen molar-refractivity contribution in [3.63, 3.8) is 0 Å². The fourth-order valence-corrected chi connectivity index (χ4v) is 2.00. The standard InChI is InChI=1S/C11H12N4O/c16-10-6-9(8-4-2-1-3-5-8)14-11-12-7-13-15(10)11/h1-5,7,9-10,16H,6H2,(H,12,13,14). The molecule has 0 bridgehead atoms. The van der Waals surface area contributed by atoms with Gasteiger partial charge in [0, 0.05) is 6.42 Å². The van der Waals surface area contributed by atoms with Gasteiger partial charge in [0.05, 0.1) is 6.04 Å². The molecule has 5 nitrogen and oxygen atoms in total. The zero-order valence-corrected chi connectivity index (χ0v) is 8.61. The van der Waals surface area contributed by atoms with Crippen LogP contribution in [0.25, 0.3) is 0 Å². The topological polar surface area (TPSA) is 63.0 Å². The summed E-state index contributed by atoms with van der Waals surface area (Å²) in [6.07, 6.45) is 1.43. The molecule has 0 saturated heterocycles. The molecule has 82 valence electrons. The van der Waals surface area contributed by atoms with Gasteiger partial charge in [0.15, 0.2) is 6.23 Å². The summed E-state index contributed by atoms with van der Waals surface area (Å²) in [6, 6.07) is 10.1. The number of aliphatic hydroxyl groups excluding tert-OH is 1. The predicted octanol–water partition coefficient (Wildman–Crippen LogP) is 1.33. The van der Waals surface area contributed by atoms with Crippen molar-refractivity contribution in [3.8, 4) is 0 Å². The van der Waals surface area contributed by atoms with Crippen LogP contribution in [0.5, 0.6) is 0 Å². The van der Waals surface area contributed by atoms with Gasteiger partial charge in [-0.25, -0.2) is 4.68 Å². The van der Waals surface area contributed by atoms with E-state index in [9.17, 15) is 5.11 Å². The Bertz CT molecular complexity index is 482. The third-order valence-electron chi connectivity index (χ3n) is 2.81. The minimum Gasteiger partial charge on any atom is -0.371 e. The van der Waals surface area contributed by atoms with Crippen molar-refractivity contribution in [2.24, 2.45) is 0 Å². The number of benzene rings is 1. The van der Waals surface area contributed by atoms with Gasteiger partial charge in [-0.05, 0) is 5.56 Å². The van der Waals surface area contributed by atoms with Crippen LogP contribution in [0.3, 0.4) is 0 Å². The van der Waals surface area contributed by atoms with Crippen LogP contribution >= 0.6 is 0 Å². The molecule has 16 heavy (non-hydrogen) atoms. The first-order chi connectivity index (χ1) is 7.84. The third kappa shape index (κ3) is 1.45. The van der Waals surface area contributed by atoms with E-state index in [2.05, 4.69) is 15.4 Å². The predicted molar refractivity (Wildman–Crippen MR) is 58.7 cm³/mol. The zero-order chi connectivity index (χ0) is 11.0. The molecule has 2 unspecified atom stereocenters. The van der Waals surface area contributed by atoms with Crippen molar-refractivity contribution >= 4 is 5.95 Å². The van der Waals surface area contributed by atoms with E-state index >= 15 is 0 Å². The number of nitrogens with zero attached hydrogens (tertiary/aromatic N) is 3. The lowest BCUT2D eigenvalue weighted by atomic mass is 10.0. The SMILES string of the molecule is OC1CC(c2ccccc2)Nc2ncnn21. The summed E-state index contributed by atoms with van der Waals surface area (Å²) >= 11 is 0. The molecule has 2 N–H and O–H groups in total. The van der Waals surface area contributed by atoms with Crippen molar-refractivity contribution in [2.75, 3.05) is 5.32 Å². The summed E-state index contributed by atoms with van der Waals surface area (Å²) < 4.78 is 1.50. The molecule has 0 saturated carbocycles. The van der Waals surface area contributed by atoms with Crippen LogP contribution in [-0.4, -0.2) is 19.9 Å². The van der Waals surface area contributed by atoms with Gasteiger partial charge in [-0.15, -0.1) is 0 Å². The second-order valence-corrected chi connectivity index (χ2v) is 3.85. The van der Waals surface area contributed by atoms with Gasteiger partial charge >= 0.3 is 0 Å². The number of aliphatic hydroxyl groups is 1. The number of rotatable bonds is 1. The minimum absolute atomic E-state index is 0.0906.